The molecule has 1 atom stereocenters. The third-order valence-electron chi connectivity index (χ3n) is 3.98. The van der Waals surface area contributed by atoms with E-state index in [2.05, 4.69) is 15.6 Å². The molecule has 2 amide bonds. The summed E-state index contributed by atoms with van der Waals surface area (Å²) >= 11 is 1.44. The molecule has 25 heavy (non-hydrogen) atoms. The van der Waals surface area contributed by atoms with E-state index in [-0.39, 0.29) is 17.7 Å². The first-order chi connectivity index (χ1) is 11.8. The SMILES string of the molecule is Cc1ccccc1C(=O)NC(CC(C)C)C(=O)Nc1nc(C)c(C)s1. The molecule has 0 aliphatic heterocycles. The molecule has 2 aromatic rings. The highest BCUT2D eigenvalue weighted by Gasteiger charge is 2.24. The van der Waals surface area contributed by atoms with Gasteiger partial charge in [-0.25, -0.2) is 4.98 Å². The maximum atomic E-state index is 12.7. The van der Waals surface area contributed by atoms with Crippen LogP contribution >= 0.6 is 11.3 Å². The van der Waals surface area contributed by atoms with Gasteiger partial charge in [0.1, 0.15) is 6.04 Å². The van der Waals surface area contributed by atoms with Crippen molar-refractivity contribution in [1.29, 1.82) is 0 Å². The number of anilines is 1. The van der Waals surface area contributed by atoms with Crippen LogP contribution in [0.5, 0.6) is 0 Å². The lowest BCUT2D eigenvalue weighted by atomic mass is 10.0. The van der Waals surface area contributed by atoms with Crippen LogP contribution in [0.25, 0.3) is 0 Å². The third-order valence-corrected chi connectivity index (χ3v) is 4.97. The van der Waals surface area contributed by atoms with Gasteiger partial charge in [-0.05, 0) is 44.7 Å². The summed E-state index contributed by atoms with van der Waals surface area (Å²) in [7, 11) is 0. The Bertz CT molecular complexity index is 748. The lowest BCUT2D eigenvalue weighted by molar-refractivity contribution is -0.118. The predicted molar refractivity (Wildman–Crippen MR) is 102 cm³/mol. The second-order valence-corrected chi connectivity index (χ2v) is 7.82. The second-order valence-electron chi connectivity index (χ2n) is 6.62. The molecule has 2 N–H and O–H groups in total. The highest BCUT2D eigenvalue weighted by Crippen LogP contribution is 2.21. The normalized spacial score (nSPS) is 12.1. The summed E-state index contributed by atoms with van der Waals surface area (Å²) in [5, 5.41) is 6.28. The number of aromatic nitrogens is 1. The minimum Gasteiger partial charge on any atom is -0.340 e. The van der Waals surface area contributed by atoms with Crippen LogP contribution in [0.15, 0.2) is 24.3 Å². The Balaban J connectivity index is 2.13. The molecule has 5 nitrogen and oxygen atoms in total. The molecule has 0 fully saturated rings. The molecule has 0 radical (unpaired) electrons. The van der Waals surface area contributed by atoms with Crippen molar-refractivity contribution in [3.8, 4) is 0 Å². The summed E-state index contributed by atoms with van der Waals surface area (Å²) in [5.41, 5.74) is 2.38. The molecule has 0 spiro atoms. The van der Waals surface area contributed by atoms with Crippen molar-refractivity contribution >= 4 is 28.3 Å². The average Bonchev–Trinajstić information content (AvgIpc) is 2.84. The van der Waals surface area contributed by atoms with Gasteiger partial charge in [0.25, 0.3) is 5.91 Å². The number of hydrogen-bond acceptors (Lipinski definition) is 4. The molecule has 1 aromatic heterocycles. The van der Waals surface area contributed by atoms with Crippen molar-refractivity contribution < 1.29 is 9.59 Å². The van der Waals surface area contributed by atoms with E-state index >= 15 is 0 Å². The Kier molecular flexibility index (Phi) is 6.31. The van der Waals surface area contributed by atoms with Gasteiger partial charge < -0.3 is 10.6 Å². The number of aryl methyl sites for hydroxylation is 3. The molecular weight excluding hydrogens is 334 g/mol. The van der Waals surface area contributed by atoms with E-state index in [1.54, 1.807) is 6.07 Å². The fourth-order valence-electron chi connectivity index (χ4n) is 2.49. The van der Waals surface area contributed by atoms with E-state index in [1.165, 1.54) is 11.3 Å². The van der Waals surface area contributed by atoms with Gasteiger partial charge in [0.2, 0.25) is 5.91 Å². The number of carbonyl (C=O) groups excluding carboxylic acids is 2. The number of benzene rings is 1. The van der Waals surface area contributed by atoms with Crippen LogP contribution in [-0.4, -0.2) is 22.8 Å². The molecule has 0 saturated carbocycles. The van der Waals surface area contributed by atoms with Crippen molar-refractivity contribution in [2.75, 3.05) is 5.32 Å². The van der Waals surface area contributed by atoms with Crippen molar-refractivity contribution in [1.82, 2.24) is 10.3 Å². The summed E-state index contributed by atoms with van der Waals surface area (Å²) in [6.07, 6.45) is 0.562. The van der Waals surface area contributed by atoms with Gasteiger partial charge in [-0.2, -0.15) is 0 Å². The zero-order chi connectivity index (χ0) is 18.6. The van der Waals surface area contributed by atoms with Gasteiger partial charge in [0.05, 0.1) is 5.69 Å². The van der Waals surface area contributed by atoms with Crippen molar-refractivity contribution in [3.63, 3.8) is 0 Å². The first-order valence-corrected chi connectivity index (χ1v) is 9.21. The minimum absolute atomic E-state index is 0.231. The first kappa shape index (κ1) is 19.1. The number of carbonyl (C=O) groups is 2. The summed E-state index contributed by atoms with van der Waals surface area (Å²) in [6.45, 7) is 9.81. The minimum atomic E-state index is -0.600. The molecule has 0 bridgehead atoms. The molecule has 2 rings (SSSR count). The lowest BCUT2D eigenvalue weighted by Crippen LogP contribution is -2.44. The fraction of sp³-hybridized carbons (Fsp3) is 0.421. The largest absolute Gasteiger partial charge is 0.340 e. The molecule has 1 unspecified atom stereocenters. The summed E-state index contributed by atoms with van der Waals surface area (Å²) in [4.78, 5) is 30.6. The van der Waals surface area contributed by atoms with E-state index in [9.17, 15) is 9.59 Å². The quantitative estimate of drug-likeness (QED) is 0.823. The third kappa shape index (κ3) is 5.13. The molecule has 0 aliphatic carbocycles. The summed E-state index contributed by atoms with van der Waals surface area (Å²) in [6, 6.07) is 6.76. The van der Waals surface area contributed by atoms with Gasteiger partial charge in [0.15, 0.2) is 5.13 Å². The number of thiazole rings is 1. The van der Waals surface area contributed by atoms with Crippen molar-refractivity contribution in [2.45, 2.75) is 47.1 Å². The van der Waals surface area contributed by atoms with E-state index in [0.29, 0.717) is 17.1 Å². The highest BCUT2D eigenvalue weighted by atomic mass is 32.1. The van der Waals surface area contributed by atoms with Gasteiger partial charge in [0, 0.05) is 10.4 Å². The Hall–Kier alpha value is -2.21. The summed E-state index contributed by atoms with van der Waals surface area (Å²) in [5.74, 6) is -0.192. The van der Waals surface area contributed by atoms with Crippen LogP contribution in [0.3, 0.4) is 0 Å². The van der Waals surface area contributed by atoms with E-state index < -0.39 is 6.04 Å². The molecular formula is C19H25N3O2S. The van der Waals surface area contributed by atoms with Crippen LogP contribution in [0.4, 0.5) is 5.13 Å². The van der Waals surface area contributed by atoms with E-state index in [1.807, 2.05) is 52.8 Å². The van der Waals surface area contributed by atoms with Gasteiger partial charge >= 0.3 is 0 Å². The number of hydrogen-bond donors (Lipinski definition) is 2. The van der Waals surface area contributed by atoms with Gasteiger partial charge in [-0.3, -0.25) is 9.59 Å². The standard InChI is InChI=1S/C19H25N3O2S/c1-11(2)10-16(18(24)22-19-20-13(4)14(5)25-19)21-17(23)15-9-7-6-8-12(15)3/h6-9,11,16H,10H2,1-5H3,(H,21,23)(H,20,22,24). The lowest BCUT2D eigenvalue weighted by Gasteiger charge is -2.20. The Morgan fingerprint density at radius 3 is 2.40 bits per heavy atom. The Morgan fingerprint density at radius 1 is 1.16 bits per heavy atom. The maximum Gasteiger partial charge on any atom is 0.252 e. The molecule has 134 valence electrons. The fourth-order valence-corrected chi connectivity index (χ4v) is 3.30. The zero-order valence-corrected chi connectivity index (χ0v) is 16.2. The van der Waals surface area contributed by atoms with Crippen LogP contribution in [-0.2, 0) is 4.79 Å². The van der Waals surface area contributed by atoms with Crippen LogP contribution in [0.2, 0.25) is 0 Å². The van der Waals surface area contributed by atoms with Gasteiger partial charge in [-0.1, -0.05) is 32.0 Å². The van der Waals surface area contributed by atoms with Crippen molar-refractivity contribution in [2.24, 2.45) is 5.92 Å². The summed E-state index contributed by atoms with van der Waals surface area (Å²) < 4.78 is 0. The average molecular weight is 359 g/mol. The number of nitrogens with one attached hydrogen (secondary N) is 2. The molecule has 6 heteroatoms. The molecule has 1 heterocycles. The number of rotatable bonds is 6. The van der Waals surface area contributed by atoms with E-state index in [4.69, 9.17) is 0 Å². The monoisotopic (exact) mass is 359 g/mol. The van der Waals surface area contributed by atoms with Crippen LogP contribution < -0.4 is 10.6 Å². The van der Waals surface area contributed by atoms with Crippen LogP contribution in [0.1, 0.15) is 46.8 Å². The smallest absolute Gasteiger partial charge is 0.252 e. The maximum absolute atomic E-state index is 12.7. The molecule has 1 aromatic carbocycles. The number of nitrogens with zero attached hydrogens (tertiary/aromatic N) is 1. The Labute approximate surface area is 152 Å². The molecule has 0 aliphatic rings. The predicted octanol–water partition coefficient (Wildman–Crippen LogP) is 3.85. The Morgan fingerprint density at radius 2 is 1.84 bits per heavy atom. The first-order valence-electron chi connectivity index (χ1n) is 8.39. The van der Waals surface area contributed by atoms with Crippen molar-refractivity contribution in [3.05, 3.63) is 46.0 Å². The zero-order valence-electron chi connectivity index (χ0n) is 15.3. The topological polar surface area (TPSA) is 71.1 Å². The molecule has 0 saturated heterocycles. The highest BCUT2D eigenvalue weighted by molar-refractivity contribution is 7.15. The second kappa shape index (κ2) is 8.25. The van der Waals surface area contributed by atoms with Crippen LogP contribution in [0, 0.1) is 26.7 Å². The van der Waals surface area contributed by atoms with Gasteiger partial charge in [-0.15, -0.1) is 11.3 Å². The number of amides is 2. The van der Waals surface area contributed by atoms with E-state index in [0.717, 1.165) is 16.1 Å².